The summed E-state index contributed by atoms with van der Waals surface area (Å²) < 4.78 is 36.3. The Labute approximate surface area is 95.5 Å². The van der Waals surface area contributed by atoms with Crippen LogP contribution in [0.4, 0.5) is 19.0 Å². The van der Waals surface area contributed by atoms with Crippen LogP contribution in [0.3, 0.4) is 0 Å². The topological polar surface area (TPSA) is 36.4 Å². The van der Waals surface area contributed by atoms with Gasteiger partial charge in [-0.1, -0.05) is 11.6 Å². The second-order valence-corrected chi connectivity index (χ2v) is 3.69. The average molecular weight is 255 g/mol. The van der Waals surface area contributed by atoms with Crippen LogP contribution in [-0.4, -0.2) is 29.9 Å². The van der Waals surface area contributed by atoms with E-state index in [1.807, 2.05) is 0 Å². The molecule has 1 aromatic heterocycles. The van der Waals surface area contributed by atoms with Gasteiger partial charge in [-0.15, -0.1) is 0 Å². The number of pyridine rings is 1. The molecule has 0 saturated carbocycles. The van der Waals surface area contributed by atoms with Gasteiger partial charge in [-0.2, -0.15) is 13.2 Å². The molecular formula is C9H10ClF3N2O. The molecule has 90 valence electrons. The molecule has 0 fully saturated rings. The molecule has 0 unspecified atom stereocenters. The van der Waals surface area contributed by atoms with E-state index in [0.717, 1.165) is 4.90 Å². The second kappa shape index (κ2) is 4.88. The van der Waals surface area contributed by atoms with Gasteiger partial charge in [0.1, 0.15) is 12.4 Å². The molecule has 0 spiro atoms. The zero-order valence-corrected chi connectivity index (χ0v) is 9.18. The Morgan fingerprint density at radius 2 is 2.12 bits per heavy atom. The van der Waals surface area contributed by atoms with Gasteiger partial charge in [-0.05, 0) is 11.6 Å². The molecular weight excluding hydrogens is 245 g/mol. The highest BCUT2D eigenvalue weighted by Crippen LogP contribution is 2.26. The molecule has 0 aromatic carbocycles. The number of aromatic nitrogens is 1. The van der Waals surface area contributed by atoms with Gasteiger partial charge in [0.05, 0.1) is 11.6 Å². The van der Waals surface area contributed by atoms with Crippen LogP contribution in [0.25, 0.3) is 0 Å². The van der Waals surface area contributed by atoms with E-state index in [2.05, 4.69) is 4.98 Å². The quantitative estimate of drug-likeness (QED) is 0.899. The first kappa shape index (κ1) is 13.1. The lowest BCUT2D eigenvalue weighted by Gasteiger charge is -2.20. The highest BCUT2D eigenvalue weighted by atomic mass is 35.5. The maximum Gasteiger partial charge on any atom is 0.405 e. The molecule has 1 aromatic rings. The van der Waals surface area contributed by atoms with E-state index in [-0.39, 0.29) is 17.4 Å². The van der Waals surface area contributed by atoms with Gasteiger partial charge in [0.25, 0.3) is 0 Å². The van der Waals surface area contributed by atoms with E-state index in [1.165, 1.54) is 19.3 Å². The number of aliphatic hydroxyl groups excluding tert-OH is 1. The van der Waals surface area contributed by atoms with Crippen molar-refractivity contribution in [2.45, 2.75) is 12.8 Å². The summed E-state index contributed by atoms with van der Waals surface area (Å²) in [5.74, 6) is 0.0381. The van der Waals surface area contributed by atoms with Crippen molar-refractivity contribution in [2.24, 2.45) is 0 Å². The smallest absolute Gasteiger partial charge is 0.392 e. The second-order valence-electron chi connectivity index (χ2n) is 3.28. The first-order valence-electron chi connectivity index (χ1n) is 4.36. The predicted octanol–water partition coefficient (Wildman–Crippen LogP) is 2.23. The molecule has 1 rings (SSSR count). The van der Waals surface area contributed by atoms with Gasteiger partial charge >= 0.3 is 6.18 Å². The first-order chi connectivity index (χ1) is 7.33. The normalized spacial score (nSPS) is 11.6. The molecule has 0 radical (unpaired) electrons. The first-order valence-corrected chi connectivity index (χ1v) is 4.74. The average Bonchev–Trinajstić information content (AvgIpc) is 2.14. The van der Waals surface area contributed by atoms with Crippen molar-refractivity contribution in [3.63, 3.8) is 0 Å². The number of halogens is 4. The summed E-state index contributed by atoms with van der Waals surface area (Å²) in [7, 11) is 1.25. The van der Waals surface area contributed by atoms with E-state index in [4.69, 9.17) is 16.7 Å². The third-order valence-corrected chi connectivity index (χ3v) is 2.12. The fraction of sp³-hybridized carbons (Fsp3) is 0.444. The minimum absolute atomic E-state index is 0.0381. The molecule has 0 amide bonds. The monoisotopic (exact) mass is 254 g/mol. The van der Waals surface area contributed by atoms with E-state index >= 15 is 0 Å². The van der Waals surface area contributed by atoms with E-state index in [0.29, 0.717) is 5.56 Å². The summed E-state index contributed by atoms with van der Waals surface area (Å²) in [6, 6.07) is 1.39. The number of aliphatic hydroxyl groups is 1. The summed E-state index contributed by atoms with van der Waals surface area (Å²) in [4.78, 5) is 4.67. The fourth-order valence-electron chi connectivity index (χ4n) is 1.18. The Hall–Kier alpha value is -1.01. The van der Waals surface area contributed by atoms with Crippen molar-refractivity contribution in [2.75, 3.05) is 18.5 Å². The zero-order valence-electron chi connectivity index (χ0n) is 8.42. The van der Waals surface area contributed by atoms with E-state index < -0.39 is 12.7 Å². The molecule has 1 heterocycles. The molecule has 0 aliphatic carbocycles. The van der Waals surface area contributed by atoms with Crippen molar-refractivity contribution in [1.29, 1.82) is 0 Å². The standard InChI is InChI=1S/C9H10ClF3N2O/c1-15(5-9(11,12)13)8-7(10)2-6(4-16)3-14-8/h2-3,16H,4-5H2,1H3. The molecule has 16 heavy (non-hydrogen) atoms. The summed E-state index contributed by atoms with van der Waals surface area (Å²) in [5, 5.41) is 8.87. The Morgan fingerprint density at radius 1 is 1.50 bits per heavy atom. The van der Waals surface area contributed by atoms with Crippen molar-refractivity contribution in [3.8, 4) is 0 Å². The minimum atomic E-state index is -4.31. The van der Waals surface area contributed by atoms with Gasteiger partial charge < -0.3 is 10.0 Å². The molecule has 0 atom stereocenters. The van der Waals surface area contributed by atoms with Crippen LogP contribution >= 0.6 is 11.6 Å². The molecule has 0 aliphatic heterocycles. The van der Waals surface area contributed by atoms with Crippen LogP contribution in [0.15, 0.2) is 12.3 Å². The number of hydrogen-bond acceptors (Lipinski definition) is 3. The largest absolute Gasteiger partial charge is 0.405 e. The van der Waals surface area contributed by atoms with Gasteiger partial charge in [-0.25, -0.2) is 4.98 Å². The Balaban J connectivity index is 2.88. The molecule has 0 aliphatic rings. The van der Waals surface area contributed by atoms with E-state index in [9.17, 15) is 13.2 Å². The molecule has 7 heteroatoms. The van der Waals surface area contributed by atoms with Crippen molar-refractivity contribution in [3.05, 3.63) is 22.8 Å². The Morgan fingerprint density at radius 3 is 2.56 bits per heavy atom. The Bertz CT molecular complexity index is 370. The van der Waals surface area contributed by atoms with Crippen molar-refractivity contribution in [1.82, 2.24) is 4.98 Å². The fourth-order valence-corrected chi connectivity index (χ4v) is 1.51. The van der Waals surface area contributed by atoms with Gasteiger partial charge in [0, 0.05) is 13.2 Å². The number of anilines is 1. The number of hydrogen-bond donors (Lipinski definition) is 1. The lowest BCUT2D eigenvalue weighted by molar-refractivity contribution is -0.119. The van der Waals surface area contributed by atoms with Crippen LogP contribution in [0, 0.1) is 0 Å². The third kappa shape index (κ3) is 3.53. The minimum Gasteiger partial charge on any atom is -0.392 e. The van der Waals surface area contributed by atoms with Crippen LogP contribution in [0.1, 0.15) is 5.56 Å². The molecule has 0 bridgehead atoms. The highest BCUT2D eigenvalue weighted by Gasteiger charge is 2.30. The number of alkyl halides is 3. The maximum absolute atomic E-state index is 12.1. The van der Waals surface area contributed by atoms with Crippen LogP contribution in [0.2, 0.25) is 5.02 Å². The molecule has 0 saturated heterocycles. The number of nitrogens with zero attached hydrogens (tertiary/aromatic N) is 2. The summed E-state index contributed by atoms with van der Waals surface area (Å²) in [6.45, 7) is -1.38. The van der Waals surface area contributed by atoms with Crippen molar-refractivity contribution >= 4 is 17.4 Å². The van der Waals surface area contributed by atoms with Gasteiger partial charge in [0.2, 0.25) is 0 Å². The summed E-state index contributed by atoms with van der Waals surface area (Å²) in [5.41, 5.74) is 0.453. The van der Waals surface area contributed by atoms with Gasteiger partial charge in [0.15, 0.2) is 0 Å². The lowest BCUT2D eigenvalue weighted by Crippen LogP contribution is -2.31. The van der Waals surface area contributed by atoms with E-state index in [1.54, 1.807) is 0 Å². The SMILES string of the molecule is CN(CC(F)(F)F)c1ncc(CO)cc1Cl. The predicted molar refractivity (Wildman–Crippen MR) is 54.5 cm³/mol. The Kier molecular flexibility index (Phi) is 3.98. The summed E-state index contributed by atoms with van der Waals surface area (Å²) in [6.07, 6.45) is -3.02. The zero-order chi connectivity index (χ0) is 12.3. The summed E-state index contributed by atoms with van der Waals surface area (Å²) >= 11 is 5.75. The van der Waals surface area contributed by atoms with Crippen LogP contribution in [0.5, 0.6) is 0 Å². The van der Waals surface area contributed by atoms with Gasteiger partial charge in [-0.3, -0.25) is 0 Å². The van der Waals surface area contributed by atoms with Crippen LogP contribution in [-0.2, 0) is 6.61 Å². The molecule has 3 nitrogen and oxygen atoms in total. The lowest BCUT2D eigenvalue weighted by atomic mass is 10.3. The number of rotatable bonds is 3. The maximum atomic E-state index is 12.1. The third-order valence-electron chi connectivity index (χ3n) is 1.84. The van der Waals surface area contributed by atoms with Crippen molar-refractivity contribution < 1.29 is 18.3 Å². The molecule has 1 N–H and O–H groups in total. The van der Waals surface area contributed by atoms with Crippen LogP contribution < -0.4 is 4.90 Å². The highest BCUT2D eigenvalue weighted by molar-refractivity contribution is 6.33.